The largest absolute Gasteiger partial charge is 0.472 e. The number of esters is 2. The molecule has 1 unspecified atom stereocenters. The third-order valence-corrected chi connectivity index (χ3v) is 16.6. The first-order chi connectivity index (χ1) is 40.7. The topological polar surface area (TPSA) is 426 Å². The summed E-state index contributed by atoms with van der Waals surface area (Å²) < 4.78 is 59.2. The number of phosphoric acid groups is 1. The summed E-state index contributed by atoms with van der Waals surface area (Å²) in [6, 6.07) is 4.35. The minimum Gasteiger partial charge on any atom is -0.462 e. The molecule has 3 aliphatic rings. The predicted molar refractivity (Wildman–Crippen MR) is 313 cm³/mol. The number of aliphatic hydroxyl groups excluding tert-OH is 9. The Morgan fingerprint density at radius 3 is 1.66 bits per heavy atom. The number of nitrogens with one attached hydrogen (secondary N) is 2. The van der Waals surface area contributed by atoms with Gasteiger partial charge in [-0.1, -0.05) is 160 Å². The zero-order valence-corrected chi connectivity index (χ0v) is 50.9. The summed E-state index contributed by atoms with van der Waals surface area (Å²) >= 11 is 5.46. The number of rotatable bonds is 41. The van der Waals surface area contributed by atoms with Crippen molar-refractivity contribution in [1.29, 1.82) is 0 Å². The Hall–Kier alpha value is -3.29. The maximum Gasteiger partial charge on any atom is 0.472 e. The highest BCUT2D eigenvalue weighted by Gasteiger charge is 2.56. The lowest BCUT2D eigenvalue weighted by atomic mass is 9.84. The van der Waals surface area contributed by atoms with E-state index in [1.807, 2.05) is 0 Å². The molecule has 2 aliphatic heterocycles. The molecule has 18 atom stereocenters. The molecule has 14 N–H and O–H groups in total. The van der Waals surface area contributed by atoms with Gasteiger partial charge >= 0.3 is 19.8 Å². The second kappa shape index (κ2) is 40.4. The van der Waals surface area contributed by atoms with Crippen LogP contribution in [0.15, 0.2) is 29.4 Å². The van der Waals surface area contributed by atoms with E-state index < -0.39 is 150 Å². The Balaban J connectivity index is 1.46. The number of carbonyl (C=O) groups is 2. The van der Waals surface area contributed by atoms with E-state index in [4.69, 9.17) is 61.0 Å². The van der Waals surface area contributed by atoms with Crippen molar-refractivity contribution in [2.24, 2.45) is 10.8 Å². The van der Waals surface area contributed by atoms with E-state index in [-0.39, 0.29) is 18.0 Å². The number of benzene rings is 1. The lowest BCUT2D eigenvalue weighted by Crippen LogP contribution is -2.70. The molecule has 2 heterocycles. The molecule has 0 spiro atoms. The fraction of sp³-hybridized carbons (Fsp3) is 0.839. The van der Waals surface area contributed by atoms with Crippen LogP contribution in [0.4, 0.5) is 11.4 Å². The molecule has 1 aromatic carbocycles. The Kier molecular flexibility index (Phi) is 35.2. The molecule has 0 bridgehead atoms. The van der Waals surface area contributed by atoms with Crippen molar-refractivity contribution < 1.29 is 102 Å². The van der Waals surface area contributed by atoms with Crippen LogP contribution in [-0.2, 0) is 51.6 Å². The highest BCUT2D eigenvalue weighted by atomic mass is 32.1. The molecule has 85 heavy (non-hydrogen) atoms. The van der Waals surface area contributed by atoms with Crippen molar-refractivity contribution in [2.75, 3.05) is 31.7 Å². The molecule has 29 heteroatoms. The molecular formula is C56H97N6O21PS. The number of nitrogens with two attached hydrogens (primary N) is 1. The minimum absolute atomic E-state index is 0.00426. The molecule has 27 nitrogen and oxygen atoms in total. The highest BCUT2D eigenvalue weighted by Crippen LogP contribution is 2.48. The smallest absolute Gasteiger partial charge is 0.462 e. The summed E-state index contributed by atoms with van der Waals surface area (Å²) in [6.07, 6.45) is -7.29. The average Bonchev–Trinajstić information content (AvgIpc) is 2.19. The first-order valence-corrected chi connectivity index (χ1v) is 32.3. The van der Waals surface area contributed by atoms with Gasteiger partial charge in [-0.15, -0.1) is 0 Å². The maximum atomic E-state index is 13.9. The fourth-order valence-electron chi connectivity index (χ4n) is 10.2. The Labute approximate surface area is 503 Å². The van der Waals surface area contributed by atoms with Crippen molar-refractivity contribution in [1.82, 2.24) is 5.32 Å². The molecule has 0 amide bonds. The van der Waals surface area contributed by atoms with Crippen LogP contribution in [0.25, 0.3) is 10.4 Å². The minimum atomic E-state index is -5.51. The summed E-state index contributed by atoms with van der Waals surface area (Å²) in [7, 11) is -5.51. The number of aliphatic hydroxyl groups is 9. The van der Waals surface area contributed by atoms with E-state index in [1.54, 1.807) is 12.1 Å². The van der Waals surface area contributed by atoms with Crippen LogP contribution in [0.1, 0.15) is 168 Å². The number of carbonyl (C=O) groups excluding carboxylic acids is 2. The van der Waals surface area contributed by atoms with Crippen molar-refractivity contribution in [3.63, 3.8) is 0 Å². The van der Waals surface area contributed by atoms with E-state index in [9.17, 15) is 65.0 Å². The Bertz CT molecular complexity index is 2160. The Morgan fingerprint density at radius 1 is 0.647 bits per heavy atom. The average molecular weight is 1250 g/mol. The number of ether oxygens (including phenoxy) is 6. The number of thiocarbonyl (C=S) groups is 1. The molecule has 0 aromatic heterocycles. The van der Waals surface area contributed by atoms with E-state index in [0.717, 1.165) is 57.8 Å². The molecule has 0 radical (unpaired) electrons. The maximum absolute atomic E-state index is 13.9. The van der Waals surface area contributed by atoms with Crippen LogP contribution in [0, 0.1) is 0 Å². The van der Waals surface area contributed by atoms with Gasteiger partial charge in [0.25, 0.3) is 0 Å². The van der Waals surface area contributed by atoms with E-state index in [0.29, 0.717) is 24.2 Å². The van der Waals surface area contributed by atoms with Crippen LogP contribution in [0.3, 0.4) is 0 Å². The second-order valence-electron chi connectivity index (χ2n) is 22.2. The number of phosphoric ester groups is 1. The third-order valence-electron chi connectivity index (χ3n) is 15.3. The van der Waals surface area contributed by atoms with Gasteiger partial charge in [0, 0.05) is 35.7 Å². The molecular weight excluding hydrogens is 1160 g/mol. The third kappa shape index (κ3) is 26.0. The van der Waals surface area contributed by atoms with E-state index in [1.165, 1.54) is 82.8 Å². The van der Waals surface area contributed by atoms with Gasteiger partial charge in [0.2, 0.25) is 0 Å². The first-order valence-electron chi connectivity index (χ1n) is 30.4. The fourth-order valence-corrected chi connectivity index (χ4v) is 11.4. The number of hydrogen-bond acceptors (Lipinski definition) is 23. The van der Waals surface area contributed by atoms with Gasteiger partial charge in [-0.3, -0.25) is 18.6 Å². The van der Waals surface area contributed by atoms with Gasteiger partial charge in [0.05, 0.1) is 19.3 Å². The van der Waals surface area contributed by atoms with Gasteiger partial charge < -0.3 is 95.6 Å². The van der Waals surface area contributed by atoms with Crippen LogP contribution in [-0.4, -0.2) is 198 Å². The van der Waals surface area contributed by atoms with Crippen LogP contribution >= 0.6 is 20.0 Å². The van der Waals surface area contributed by atoms with Crippen molar-refractivity contribution >= 4 is 48.5 Å². The molecule has 488 valence electrons. The number of anilines is 1. The van der Waals surface area contributed by atoms with Gasteiger partial charge in [0.15, 0.2) is 23.8 Å². The lowest BCUT2D eigenvalue weighted by molar-refractivity contribution is -0.354. The number of nitrogens with zero attached hydrogens (tertiary/aromatic N) is 3. The number of azide groups is 1. The molecule has 2 saturated heterocycles. The number of hydrogen-bond donors (Lipinski definition) is 13. The quantitative estimate of drug-likeness (QED) is 0.00802. The van der Waals surface area contributed by atoms with Crippen molar-refractivity contribution in [2.45, 2.75) is 272 Å². The van der Waals surface area contributed by atoms with Gasteiger partial charge in [-0.05, 0) is 42.7 Å². The predicted octanol–water partition coefficient (Wildman–Crippen LogP) is 4.71. The van der Waals surface area contributed by atoms with Crippen LogP contribution < -0.4 is 16.4 Å². The monoisotopic (exact) mass is 1250 g/mol. The molecule has 3 fully saturated rings. The van der Waals surface area contributed by atoms with Crippen LogP contribution in [0.2, 0.25) is 0 Å². The zero-order valence-electron chi connectivity index (χ0n) is 49.2. The summed E-state index contributed by atoms with van der Waals surface area (Å²) in [5, 5.41) is 107. The highest BCUT2D eigenvalue weighted by molar-refractivity contribution is 7.80. The zero-order chi connectivity index (χ0) is 62.3. The summed E-state index contributed by atoms with van der Waals surface area (Å²) in [5.74, 6) is -1.28. The van der Waals surface area contributed by atoms with Gasteiger partial charge in [-0.25, -0.2) is 4.57 Å². The summed E-state index contributed by atoms with van der Waals surface area (Å²) in [4.78, 5) is 40.0. The Morgan fingerprint density at radius 2 is 1.13 bits per heavy atom. The summed E-state index contributed by atoms with van der Waals surface area (Å²) in [5.41, 5.74) is 16.0. The van der Waals surface area contributed by atoms with Crippen molar-refractivity contribution in [3.8, 4) is 0 Å². The van der Waals surface area contributed by atoms with Gasteiger partial charge in [-0.2, -0.15) is 0 Å². The van der Waals surface area contributed by atoms with Gasteiger partial charge in [0.1, 0.15) is 86.0 Å². The van der Waals surface area contributed by atoms with Crippen molar-refractivity contribution in [3.05, 3.63) is 34.7 Å². The molecule has 1 aliphatic carbocycles. The summed E-state index contributed by atoms with van der Waals surface area (Å²) in [6.45, 7) is 1.67. The van der Waals surface area contributed by atoms with E-state index >= 15 is 0 Å². The molecule has 4 rings (SSSR count). The number of unbranched alkanes of at least 4 members (excludes halogenated alkanes) is 20. The second-order valence-corrected chi connectivity index (χ2v) is 24.1. The standard InChI is InChI=1S/C56H97N6O21PS/c1-3-5-7-9-11-13-15-17-19-21-23-25-40(64)76-33-37(78-41(65)26-24-22-20-18-16-14-12-10-8-6-4-2)34-77-84(74,75)83-53-49(72)47(70)46(69)48(71)52(53)82-54-42(57)44(67)51(81-55-50(73)45(68)43(66)39(32-63)80-55)38(79-54)31-59-56(85)60-35-27-29-36(30-28-35)61-62-58/h27-30,37-39,42-55,63,66-73H,3-26,31-34,57H2,1-2H3,(H,74,75)(H2,59,60,85)/t37-,38-,39-,42-,43-,44-,45+,46-,47-,48+,49-,50+,51-,52-,53-,54-,55-/m1/s1. The first kappa shape index (κ1) is 74.2. The van der Waals surface area contributed by atoms with Crippen LogP contribution in [0.5, 0.6) is 0 Å². The molecule has 1 aromatic rings. The SMILES string of the molecule is CCCCCCCCCCCCCC(=O)OC[C@H](COP(=O)(O)O[C@@H]1[C@H](O)[C@H](O)[C@@H](O)[C@H](O)[C@H]1O[C@H]1O[C@H](CNC(=S)Nc2ccc(N=[N+]=[N-])cc2)[C@@H](O[C@H]2O[C@H](CO)[C@@H](O)[C@H](O)[C@@H]2O)[C@H](O)[C@H]1N)OC(=O)CCCCCCCCCCCCC. The molecule has 1 saturated carbocycles. The van der Waals surface area contributed by atoms with E-state index in [2.05, 4.69) is 34.5 Å². The normalized spacial score (nSPS) is 29.7. The lowest BCUT2D eigenvalue weighted by Gasteiger charge is -2.49.